The van der Waals surface area contributed by atoms with Crippen LogP contribution in [0.15, 0.2) is 48.5 Å². The lowest BCUT2D eigenvalue weighted by Gasteiger charge is -2.06. The summed E-state index contributed by atoms with van der Waals surface area (Å²) in [4.78, 5) is 11.6. The van der Waals surface area contributed by atoms with Crippen LogP contribution in [0.1, 0.15) is 11.1 Å². The number of nitrogens with one attached hydrogen (secondary N) is 2. The maximum absolute atomic E-state index is 13.3. The molecule has 0 aliphatic carbocycles. The van der Waals surface area contributed by atoms with Gasteiger partial charge in [-0.3, -0.25) is 0 Å². The van der Waals surface area contributed by atoms with Gasteiger partial charge < -0.3 is 10.6 Å². The number of hydrogen-bond donors (Lipinski definition) is 2. The Hall–Kier alpha value is -3.01. The average Bonchev–Trinajstić information content (AvgIpc) is 2.53. The predicted octanol–water partition coefficient (Wildman–Crippen LogP) is 4.02. The molecule has 0 saturated carbocycles. The van der Waals surface area contributed by atoms with E-state index < -0.39 is 23.6 Å². The molecule has 24 heavy (non-hydrogen) atoms. The van der Waals surface area contributed by atoms with Crippen molar-refractivity contribution in [3.05, 3.63) is 65.5 Å². The Morgan fingerprint density at radius 1 is 1.08 bits per heavy atom. The fourth-order valence-corrected chi connectivity index (χ4v) is 1.77. The molecule has 2 N–H and O–H groups in total. The smallest absolute Gasteiger partial charge is 0.327 e. The van der Waals surface area contributed by atoms with Crippen molar-refractivity contribution < 1.29 is 22.4 Å². The van der Waals surface area contributed by atoms with Crippen LogP contribution in [-0.4, -0.2) is 12.6 Å². The Morgan fingerprint density at radius 3 is 2.54 bits per heavy atom. The van der Waals surface area contributed by atoms with Crippen LogP contribution in [0.2, 0.25) is 0 Å². The molecule has 2 rings (SSSR count). The molecule has 0 saturated heterocycles. The largest absolute Gasteiger partial charge is 0.416 e. The van der Waals surface area contributed by atoms with Gasteiger partial charge in [0.25, 0.3) is 0 Å². The molecule has 2 aromatic carbocycles. The summed E-state index contributed by atoms with van der Waals surface area (Å²) in [5.74, 6) is 4.47. The van der Waals surface area contributed by atoms with Crippen molar-refractivity contribution in [2.75, 3.05) is 11.9 Å². The van der Waals surface area contributed by atoms with E-state index in [2.05, 4.69) is 22.5 Å². The number of rotatable bonds is 2. The van der Waals surface area contributed by atoms with Gasteiger partial charge in [0.2, 0.25) is 0 Å². The molecular weight excluding hydrogens is 324 g/mol. The van der Waals surface area contributed by atoms with Crippen LogP contribution < -0.4 is 10.6 Å². The highest BCUT2D eigenvalue weighted by Crippen LogP contribution is 2.29. The number of halogens is 4. The van der Waals surface area contributed by atoms with Crippen LogP contribution in [0.25, 0.3) is 0 Å². The van der Waals surface area contributed by atoms with Crippen molar-refractivity contribution in [2.24, 2.45) is 0 Å². The minimum absolute atomic E-state index is 0.0147. The van der Waals surface area contributed by atoms with E-state index in [1.165, 1.54) is 30.3 Å². The van der Waals surface area contributed by atoms with Gasteiger partial charge in [-0.15, -0.1) is 0 Å². The number of alkyl halides is 3. The molecule has 0 fully saturated rings. The number of benzene rings is 2. The first-order valence-corrected chi connectivity index (χ1v) is 6.82. The van der Waals surface area contributed by atoms with Gasteiger partial charge in [-0.1, -0.05) is 30.0 Å². The van der Waals surface area contributed by atoms with Crippen molar-refractivity contribution in [1.82, 2.24) is 5.32 Å². The van der Waals surface area contributed by atoms with E-state index in [4.69, 9.17) is 0 Å². The zero-order valence-electron chi connectivity index (χ0n) is 12.2. The van der Waals surface area contributed by atoms with Gasteiger partial charge in [0.15, 0.2) is 0 Å². The molecule has 2 amide bonds. The van der Waals surface area contributed by atoms with Crippen molar-refractivity contribution in [3.63, 3.8) is 0 Å². The molecule has 2 aromatic rings. The number of urea groups is 1. The van der Waals surface area contributed by atoms with Gasteiger partial charge in [-0.05, 0) is 30.3 Å². The Labute approximate surface area is 135 Å². The van der Waals surface area contributed by atoms with Gasteiger partial charge >= 0.3 is 12.2 Å². The number of carbonyl (C=O) groups is 1. The zero-order chi connectivity index (χ0) is 17.6. The first-order chi connectivity index (χ1) is 11.4. The third kappa shape index (κ3) is 5.02. The normalized spacial score (nSPS) is 10.5. The van der Waals surface area contributed by atoms with Crippen LogP contribution in [0.5, 0.6) is 0 Å². The summed E-state index contributed by atoms with van der Waals surface area (Å²) in [7, 11) is 0. The molecule has 0 bridgehead atoms. The van der Waals surface area contributed by atoms with Gasteiger partial charge in [0.1, 0.15) is 5.82 Å². The molecule has 0 aromatic heterocycles. The molecule has 0 aliphatic heterocycles. The third-order valence-corrected chi connectivity index (χ3v) is 2.88. The zero-order valence-corrected chi connectivity index (χ0v) is 12.2. The van der Waals surface area contributed by atoms with Crippen LogP contribution in [0, 0.1) is 17.7 Å². The lowest BCUT2D eigenvalue weighted by atomic mass is 10.1. The van der Waals surface area contributed by atoms with E-state index in [1.54, 1.807) is 6.07 Å². The molecule has 0 atom stereocenters. The number of anilines is 1. The second kappa shape index (κ2) is 7.51. The monoisotopic (exact) mass is 336 g/mol. The Bertz CT molecular complexity index is 791. The quantitative estimate of drug-likeness (QED) is 0.631. The second-order valence-electron chi connectivity index (χ2n) is 4.67. The van der Waals surface area contributed by atoms with Gasteiger partial charge in [0.05, 0.1) is 17.8 Å². The van der Waals surface area contributed by atoms with Gasteiger partial charge in [-0.25, -0.2) is 9.18 Å². The second-order valence-corrected chi connectivity index (χ2v) is 4.67. The molecule has 0 radical (unpaired) electrons. The van der Waals surface area contributed by atoms with E-state index in [1.807, 2.05) is 0 Å². The molecule has 0 heterocycles. The SMILES string of the molecule is O=C(NCC#Cc1cccc(C(F)(F)F)c1)Nc1ccccc1F. The van der Waals surface area contributed by atoms with E-state index in [9.17, 15) is 22.4 Å². The summed E-state index contributed by atoms with van der Waals surface area (Å²) >= 11 is 0. The van der Waals surface area contributed by atoms with Gasteiger partial charge in [0, 0.05) is 5.56 Å². The predicted molar refractivity (Wildman–Crippen MR) is 81.7 cm³/mol. The number of carbonyl (C=O) groups excluding carboxylic acids is 1. The first-order valence-electron chi connectivity index (χ1n) is 6.82. The summed E-state index contributed by atoms with van der Waals surface area (Å²) in [6.07, 6.45) is -4.43. The highest BCUT2D eigenvalue weighted by atomic mass is 19.4. The standard InChI is InChI=1S/C17H12F4N2O/c18-14-8-1-2-9-15(14)23-16(24)22-10-4-6-12-5-3-7-13(11-12)17(19,20)21/h1-3,5,7-9,11H,10H2,(H2,22,23,24). The number of amides is 2. The fourth-order valence-electron chi connectivity index (χ4n) is 1.77. The maximum Gasteiger partial charge on any atom is 0.416 e. The average molecular weight is 336 g/mol. The van der Waals surface area contributed by atoms with E-state index in [0.717, 1.165) is 12.1 Å². The van der Waals surface area contributed by atoms with Crippen LogP contribution >= 0.6 is 0 Å². The molecule has 0 aliphatic rings. The van der Waals surface area contributed by atoms with Crippen molar-refractivity contribution in [2.45, 2.75) is 6.18 Å². The van der Waals surface area contributed by atoms with Crippen molar-refractivity contribution in [1.29, 1.82) is 0 Å². The van der Waals surface area contributed by atoms with E-state index in [-0.39, 0.29) is 17.8 Å². The Balaban J connectivity index is 1.90. The summed E-state index contributed by atoms with van der Waals surface area (Å²) in [6, 6.07) is 9.53. The lowest BCUT2D eigenvalue weighted by molar-refractivity contribution is -0.137. The number of para-hydroxylation sites is 1. The Kier molecular flexibility index (Phi) is 5.42. The summed E-state index contributed by atoms with van der Waals surface area (Å²) in [5, 5.41) is 4.66. The van der Waals surface area contributed by atoms with Crippen LogP contribution in [0.4, 0.5) is 28.0 Å². The molecule has 7 heteroatoms. The third-order valence-electron chi connectivity index (χ3n) is 2.88. The summed E-state index contributed by atoms with van der Waals surface area (Å²) in [5.41, 5.74) is -0.596. The first kappa shape index (κ1) is 17.3. The van der Waals surface area contributed by atoms with Gasteiger partial charge in [-0.2, -0.15) is 13.2 Å². The highest BCUT2D eigenvalue weighted by molar-refractivity contribution is 5.89. The van der Waals surface area contributed by atoms with E-state index in [0.29, 0.717) is 0 Å². The van der Waals surface area contributed by atoms with Crippen LogP contribution in [0.3, 0.4) is 0 Å². The molecule has 124 valence electrons. The minimum atomic E-state index is -4.43. The van der Waals surface area contributed by atoms with E-state index >= 15 is 0 Å². The maximum atomic E-state index is 13.3. The Morgan fingerprint density at radius 2 is 1.83 bits per heavy atom. The molecular formula is C17H12F4N2O. The summed E-state index contributed by atoms with van der Waals surface area (Å²) in [6.45, 7) is -0.101. The fraction of sp³-hybridized carbons (Fsp3) is 0.118. The van der Waals surface area contributed by atoms with Crippen molar-refractivity contribution in [3.8, 4) is 11.8 Å². The topological polar surface area (TPSA) is 41.1 Å². The lowest BCUT2D eigenvalue weighted by Crippen LogP contribution is -2.29. The number of hydrogen-bond acceptors (Lipinski definition) is 1. The van der Waals surface area contributed by atoms with Crippen LogP contribution in [-0.2, 0) is 6.18 Å². The highest BCUT2D eigenvalue weighted by Gasteiger charge is 2.30. The molecule has 0 spiro atoms. The molecule has 3 nitrogen and oxygen atoms in total. The van der Waals surface area contributed by atoms with Crippen molar-refractivity contribution >= 4 is 11.7 Å². The molecule has 0 unspecified atom stereocenters. The summed E-state index contributed by atoms with van der Waals surface area (Å²) < 4.78 is 51.0. The minimum Gasteiger partial charge on any atom is -0.327 e.